The first-order valence-corrected chi connectivity index (χ1v) is 6.23. The number of para-hydroxylation sites is 2. The van der Waals surface area contributed by atoms with Crippen molar-refractivity contribution < 1.29 is 19.7 Å². The molecule has 0 aromatic heterocycles. The maximum atomic E-state index is 10.7. The van der Waals surface area contributed by atoms with Crippen LogP contribution in [0.25, 0.3) is 0 Å². The quantitative estimate of drug-likeness (QED) is 0.741. The van der Waals surface area contributed by atoms with E-state index < -0.39 is 12.0 Å². The van der Waals surface area contributed by atoms with E-state index in [1.807, 2.05) is 0 Å². The number of hydrogen-bond donors (Lipinski definition) is 3. The summed E-state index contributed by atoms with van der Waals surface area (Å²) in [4.78, 5) is 10.7. The van der Waals surface area contributed by atoms with Crippen molar-refractivity contribution in [2.24, 2.45) is 0 Å². The molecular formula is C11H13NO4S. The molecule has 1 fully saturated rings. The fourth-order valence-corrected chi connectivity index (χ4v) is 2.60. The normalized spacial score (nSPS) is 23.5. The molecule has 3 N–H and O–H groups in total. The van der Waals surface area contributed by atoms with Gasteiger partial charge in [-0.25, -0.2) is 0 Å². The van der Waals surface area contributed by atoms with E-state index in [2.05, 4.69) is 5.32 Å². The molecule has 92 valence electrons. The third-order valence-corrected chi connectivity index (χ3v) is 3.61. The largest absolute Gasteiger partial charge is 0.504 e. The zero-order valence-electron chi connectivity index (χ0n) is 9.00. The number of carboxylic acids is 1. The molecule has 5 nitrogen and oxygen atoms in total. The van der Waals surface area contributed by atoms with Gasteiger partial charge in [0.15, 0.2) is 11.5 Å². The summed E-state index contributed by atoms with van der Waals surface area (Å²) in [6.07, 6.45) is 0. The lowest BCUT2D eigenvalue weighted by atomic mass is 10.3. The molecule has 1 aliphatic rings. The molecule has 1 aromatic carbocycles. The van der Waals surface area contributed by atoms with Crippen LogP contribution in [0.2, 0.25) is 0 Å². The van der Waals surface area contributed by atoms with Crippen LogP contribution in [0.1, 0.15) is 0 Å². The Balaban J connectivity index is 1.84. The summed E-state index contributed by atoms with van der Waals surface area (Å²) in [5.74, 6) is 0.186. The Morgan fingerprint density at radius 1 is 1.53 bits per heavy atom. The van der Waals surface area contributed by atoms with Crippen LogP contribution in [0, 0.1) is 0 Å². The molecule has 0 amide bonds. The molecule has 6 heteroatoms. The molecule has 1 heterocycles. The number of phenolic OH excluding ortho intramolecular Hbond substituents is 1. The highest BCUT2D eigenvalue weighted by Gasteiger charge is 2.29. The molecule has 0 saturated carbocycles. The molecule has 17 heavy (non-hydrogen) atoms. The lowest BCUT2D eigenvalue weighted by Crippen LogP contribution is -2.38. The Labute approximate surface area is 103 Å². The smallest absolute Gasteiger partial charge is 0.321 e. The number of nitrogens with one attached hydrogen (secondary N) is 1. The third kappa shape index (κ3) is 3.04. The Bertz CT molecular complexity index is 412. The molecular weight excluding hydrogens is 242 g/mol. The van der Waals surface area contributed by atoms with Crippen molar-refractivity contribution in [2.45, 2.75) is 11.4 Å². The highest BCUT2D eigenvalue weighted by molar-refractivity contribution is 8.00. The Morgan fingerprint density at radius 2 is 2.29 bits per heavy atom. The van der Waals surface area contributed by atoms with Gasteiger partial charge in [-0.1, -0.05) is 12.1 Å². The van der Waals surface area contributed by atoms with Crippen LogP contribution < -0.4 is 10.1 Å². The standard InChI is InChI=1S/C11H13NO4S/c13-8-3-1-2-4-9(8)16-5-10-12-7(6-17-10)11(14)15/h1-4,7,10,12-13H,5-6H2,(H,14,15). The fourth-order valence-electron chi connectivity index (χ4n) is 1.52. The summed E-state index contributed by atoms with van der Waals surface area (Å²) in [5.41, 5.74) is 0. The minimum Gasteiger partial charge on any atom is -0.504 e. The summed E-state index contributed by atoms with van der Waals surface area (Å²) in [7, 11) is 0. The van der Waals surface area contributed by atoms with Gasteiger partial charge in [-0.2, -0.15) is 0 Å². The highest BCUT2D eigenvalue weighted by Crippen LogP contribution is 2.26. The number of ether oxygens (including phenoxy) is 1. The second kappa shape index (κ2) is 5.29. The second-order valence-electron chi connectivity index (χ2n) is 3.66. The van der Waals surface area contributed by atoms with Crippen LogP contribution in [0.15, 0.2) is 24.3 Å². The number of hydrogen-bond acceptors (Lipinski definition) is 5. The van der Waals surface area contributed by atoms with Crippen molar-refractivity contribution in [3.63, 3.8) is 0 Å². The predicted molar refractivity (Wildman–Crippen MR) is 64.4 cm³/mol. The number of phenols is 1. The van der Waals surface area contributed by atoms with E-state index in [4.69, 9.17) is 9.84 Å². The van der Waals surface area contributed by atoms with E-state index in [1.54, 1.807) is 24.3 Å². The van der Waals surface area contributed by atoms with Crippen LogP contribution in [-0.4, -0.2) is 40.0 Å². The van der Waals surface area contributed by atoms with E-state index in [9.17, 15) is 9.90 Å². The first-order chi connectivity index (χ1) is 8.16. The van der Waals surface area contributed by atoms with E-state index in [0.717, 1.165) is 0 Å². The Kier molecular flexibility index (Phi) is 3.75. The lowest BCUT2D eigenvalue weighted by molar-refractivity contribution is -0.138. The zero-order valence-corrected chi connectivity index (χ0v) is 9.81. The fraction of sp³-hybridized carbons (Fsp3) is 0.364. The minimum absolute atomic E-state index is 0.0595. The average molecular weight is 255 g/mol. The molecule has 2 unspecified atom stereocenters. The molecule has 1 aliphatic heterocycles. The van der Waals surface area contributed by atoms with Crippen molar-refractivity contribution in [3.05, 3.63) is 24.3 Å². The van der Waals surface area contributed by atoms with Crippen LogP contribution in [-0.2, 0) is 4.79 Å². The first kappa shape index (κ1) is 12.1. The number of thioether (sulfide) groups is 1. The van der Waals surface area contributed by atoms with E-state index in [-0.39, 0.29) is 11.1 Å². The number of rotatable bonds is 4. The van der Waals surface area contributed by atoms with Crippen molar-refractivity contribution in [2.75, 3.05) is 12.4 Å². The van der Waals surface area contributed by atoms with Crippen LogP contribution in [0.4, 0.5) is 0 Å². The van der Waals surface area contributed by atoms with Crippen molar-refractivity contribution in [1.29, 1.82) is 0 Å². The Morgan fingerprint density at radius 3 is 2.94 bits per heavy atom. The van der Waals surface area contributed by atoms with Crippen LogP contribution >= 0.6 is 11.8 Å². The Hall–Kier alpha value is -1.40. The van der Waals surface area contributed by atoms with Crippen LogP contribution in [0.3, 0.4) is 0 Å². The molecule has 2 rings (SSSR count). The van der Waals surface area contributed by atoms with Gasteiger partial charge < -0.3 is 14.9 Å². The van der Waals surface area contributed by atoms with E-state index in [1.165, 1.54) is 11.8 Å². The van der Waals surface area contributed by atoms with Gasteiger partial charge in [0.25, 0.3) is 0 Å². The number of aliphatic carboxylic acids is 1. The monoisotopic (exact) mass is 255 g/mol. The summed E-state index contributed by atoms with van der Waals surface area (Å²) in [5, 5.41) is 21.2. The van der Waals surface area contributed by atoms with E-state index >= 15 is 0 Å². The summed E-state index contributed by atoms with van der Waals surface area (Å²) >= 11 is 1.51. The maximum Gasteiger partial charge on any atom is 0.321 e. The number of carbonyl (C=O) groups is 1. The van der Waals surface area contributed by atoms with Gasteiger partial charge in [0.05, 0.1) is 5.37 Å². The molecule has 1 aromatic rings. The predicted octanol–water partition coefficient (Wildman–Crippen LogP) is 0.887. The van der Waals surface area contributed by atoms with E-state index in [0.29, 0.717) is 18.1 Å². The number of benzene rings is 1. The number of aromatic hydroxyl groups is 1. The zero-order chi connectivity index (χ0) is 12.3. The molecule has 2 atom stereocenters. The summed E-state index contributed by atoms with van der Waals surface area (Å²) in [6, 6.07) is 6.18. The first-order valence-electron chi connectivity index (χ1n) is 5.18. The SMILES string of the molecule is O=C(O)C1CSC(COc2ccccc2O)N1. The van der Waals surface area contributed by atoms with Gasteiger partial charge in [-0.05, 0) is 12.1 Å². The molecule has 0 bridgehead atoms. The third-order valence-electron chi connectivity index (χ3n) is 2.40. The summed E-state index contributed by atoms with van der Waals surface area (Å²) < 4.78 is 5.42. The van der Waals surface area contributed by atoms with Gasteiger partial charge in [0.1, 0.15) is 12.6 Å². The topological polar surface area (TPSA) is 78.8 Å². The second-order valence-corrected chi connectivity index (χ2v) is 4.89. The highest BCUT2D eigenvalue weighted by atomic mass is 32.2. The van der Waals surface area contributed by atoms with Crippen molar-refractivity contribution in [1.82, 2.24) is 5.32 Å². The number of carboxylic acid groups (broad SMARTS) is 1. The lowest BCUT2D eigenvalue weighted by Gasteiger charge is -2.13. The molecule has 1 saturated heterocycles. The summed E-state index contributed by atoms with van der Waals surface area (Å²) in [6.45, 7) is 0.325. The average Bonchev–Trinajstić information content (AvgIpc) is 2.77. The van der Waals surface area contributed by atoms with Gasteiger partial charge in [-0.3, -0.25) is 10.1 Å². The van der Waals surface area contributed by atoms with Gasteiger partial charge in [0.2, 0.25) is 0 Å². The van der Waals surface area contributed by atoms with Crippen molar-refractivity contribution >= 4 is 17.7 Å². The van der Waals surface area contributed by atoms with Gasteiger partial charge in [-0.15, -0.1) is 11.8 Å². The molecule has 0 radical (unpaired) electrons. The van der Waals surface area contributed by atoms with Gasteiger partial charge in [0, 0.05) is 5.75 Å². The van der Waals surface area contributed by atoms with Crippen molar-refractivity contribution in [3.8, 4) is 11.5 Å². The molecule has 0 aliphatic carbocycles. The molecule has 0 spiro atoms. The van der Waals surface area contributed by atoms with Gasteiger partial charge >= 0.3 is 5.97 Å². The van der Waals surface area contributed by atoms with Crippen LogP contribution in [0.5, 0.6) is 11.5 Å². The maximum absolute atomic E-state index is 10.7. The minimum atomic E-state index is -0.845.